The molecule has 1 saturated heterocycles. The summed E-state index contributed by atoms with van der Waals surface area (Å²) in [6.45, 7) is 2.14. The van der Waals surface area contributed by atoms with E-state index in [2.05, 4.69) is 8.83 Å². The lowest BCUT2D eigenvalue weighted by atomic mass is 10.1. The van der Waals surface area contributed by atoms with Crippen LogP contribution in [0, 0.1) is 0 Å². The van der Waals surface area contributed by atoms with Crippen LogP contribution in [0.15, 0.2) is 0 Å². The molecule has 3 N–H and O–H groups in total. The van der Waals surface area contributed by atoms with Crippen molar-refractivity contribution < 1.29 is 37.4 Å². The Bertz CT molecular complexity index is 317. The zero-order valence-electron chi connectivity index (χ0n) is 7.90. The predicted octanol–water partition coefficient (Wildman–Crippen LogP) is 0.392. The Hall–Kier alpha value is 0.220. The third-order valence-corrected chi connectivity index (χ3v) is 3.92. The molecule has 0 aliphatic carbocycles. The Kier molecular flexibility index (Phi) is 3.75. The third-order valence-electron chi connectivity index (χ3n) is 1.73. The first-order valence-corrected chi connectivity index (χ1v) is 7.03. The Morgan fingerprint density at radius 3 is 2.33 bits per heavy atom. The Balaban J connectivity index is 2.30. The Labute approximate surface area is 86.0 Å². The zero-order valence-corrected chi connectivity index (χ0v) is 9.69. The Morgan fingerprint density at radius 1 is 1.40 bits per heavy atom. The van der Waals surface area contributed by atoms with Crippen molar-refractivity contribution in [2.24, 2.45) is 0 Å². The lowest BCUT2D eigenvalue weighted by Crippen LogP contribution is -2.08. The fourth-order valence-corrected chi connectivity index (χ4v) is 2.39. The van der Waals surface area contributed by atoms with Crippen molar-refractivity contribution >= 4 is 15.6 Å². The van der Waals surface area contributed by atoms with Crippen molar-refractivity contribution in [1.29, 1.82) is 0 Å². The summed E-state index contributed by atoms with van der Waals surface area (Å²) >= 11 is 0. The largest absolute Gasteiger partial charge is 0.481 e. The van der Waals surface area contributed by atoms with Crippen LogP contribution in [0.25, 0.3) is 0 Å². The van der Waals surface area contributed by atoms with Crippen LogP contribution in [0.1, 0.15) is 13.3 Å². The lowest BCUT2D eigenvalue weighted by Gasteiger charge is -2.12. The van der Waals surface area contributed by atoms with Gasteiger partial charge >= 0.3 is 15.6 Å². The van der Waals surface area contributed by atoms with Gasteiger partial charge in [0.25, 0.3) is 0 Å². The van der Waals surface area contributed by atoms with Crippen molar-refractivity contribution in [2.75, 3.05) is 13.2 Å². The van der Waals surface area contributed by atoms with Crippen molar-refractivity contribution in [3.05, 3.63) is 0 Å². The minimum atomic E-state index is -5.02. The molecular weight excluding hydrogens is 250 g/mol. The number of hydrogen-bond donors (Lipinski definition) is 3. The number of rotatable bonds is 6. The fourth-order valence-electron chi connectivity index (χ4n) is 0.802. The van der Waals surface area contributed by atoms with Crippen molar-refractivity contribution in [2.45, 2.75) is 18.9 Å². The standard InChI is InChI=1S/C5H12O8P2/c1-5(4-11-5)2-3-12-15(9,10)13-14(6,7)8/h2-4H2,1H3,(H,9,10)(H2,6,7,8)/t5-/m1/s1. The van der Waals surface area contributed by atoms with Crippen molar-refractivity contribution in [1.82, 2.24) is 0 Å². The molecule has 0 bridgehead atoms. The SMILES string of the molecule is C[C@@]1(CCOP(=O)(O)OP(=O)(O)O)CO1. The number of phosphoric ester groups is 1. The van der Waals surface area contributed by atoms with E-state index in [1.165, 1.54) is 0 Å². The summed E-state index contributed by atoms with van der Waals surface area (Å²) in [5, 5.41) is 0. The molecule has 0 radical (unpaired) electrons. The molecule has 0 aromatic carbocycles. The van der Waals surface area contributed by atoms with Gasteiger partial charge in [-0.3, -0.25) is 4.52 Å². The molecule has 1 fully saturated rings. The zero-order chi connectivity index (χ0) is 11.7. The minimum Gasteiger partial charge on any atom is -0.370 e. The topological polar surface area (TPSA) is 126 Å². The Morgan fingerprint density at radius 2 is 1.93 bits per heavy atom. The van der Waals surface area contributed by atoms with Gasteiger partial charge in [-0.05, 0) is 6.92 Å². The second kappa shape index (κ2) is 4.24. The van der Waals surface area contributed by atoms with Gasteiger partial charge in [-0.15, -0.1) is 0 Å². The molecule has 1 aliphatic heterocycles. The third kappa shape index (κ3) is 5.75. The first-order valence-electron chi connectivity index (χ1n) is 4.00. The van der Waals surface area contributed by atoms with Gasteiger partial charge in [-0.25, -0.2) is 9.13 Å². The molecule has 15 heavy (non-hydrogen) atoms. The summed E-state index contributed by atoms with van der Waals surface area (Å²) in [4.78, 5) is 25.4. The van der Waals surface area contributed by atoms with Gasteiger partial charge in [0.15, 0.2) is 0 Å². The van der Waals surface area contributed by atoms with Crippen LogP contribution in [0.2, 0.25) is 0 Å². The normalized spacial score (nSPS) is 29.9. The highest BCUT2D eigenvalue weighted by atomic mass is 31.3. The molecule has 1 unspecified atom stereocenters. The fraction of sp³-hybridized carbons (Fsp3) is 1.00. The maximum absolute atomic E-state index is 10.9. The molecular formula is C5H12O8P2. The summed E-state index contributed by atoms with van der Waals surface area (Å²) in [5.74, 6) is 0. The van der Waals surface area contributed by atoms with E-state index in [0.717, 1.165) is 0 Å². The molecule has 1 aliphatic rings. The van der Waals surface area contributed by atoms with E-state index in [9.17, 15) is 9.13 Å². The molecule has 0 aromatic rings. The molecule has 0 saturated carbocycles. The molecule has 1 heterocycles. The van der Waals surface area contributed by atoms with Crippen molar-refractivity contribution in [3.8, 4) is 0 Å². The van der Waals surface area contributed by atoms with Gasteiger partial charge < -0.3 is 19.4 Å². The molecule has 10 heteroatoms. The van der Waals surface area contributed by atoms with Gasteiger partial charge in [-0.1, -0.05) is 0 Å². The van der Waals surface area contributed by atoms with E-state index < -0.39 is 15.6 Å². The highest BCUT2D eigenvalue weighted by Crippen LogP contribution is 2.57. The van der Waals surface area contributed by atoms with E-state index in [0.29, 0.717) is 13.0 Å². The molecule has 0 spiro atoms. The van der Waals surface area contributed by atoms with E-state index >= 15 is 0 Å². The van der Waals surface area contributed by atoms with Crippen LogP contribution in [-0.4, -0.2) is 33.5 Å². The van der Waals surface area contributed by atoms with E-state index in [1.807, 2.05) is 0 Å². The van der Waals surface area contributed by atoms with E-state index in [4.69, 9.17) is 19.4 Å². The molecule has 0 amide bonds. The van der Waals surface area contributed by atoms with Crippen molar-refractivity contribution in [3.63, 3.8) is 0 Å². The first-order chi connectivity index (χ1) is 6.62. The van der Waals surface area contributed by atoms with Gasteiger partial charge in [0.05, 0.1) is 18.8 Å². The molecule has 0 aromatic heterocycles. The summed E-state index contributed by atoms with van der Waals surface area (Å²) < 4.78 is 34.0. The van der Waals surface area contributed by atoms with E-state index in [-0.39, 0.29) is 12.2 Å². The highest BCUT2D eigenvalue weighted by molar-refractivity contribution is 7.60. The lowest BCUT2D eigenvalue weighted by molar-refractivity contribution is 0.163. The van der Waals surface area contributed by atoms with Gasteiger partial charge in [0.2, 0.25) is 0 Å². The van der Waals surface area contributed by atoms with Crippen LogP contribution in [0.4, 0.5) is 0 Å². The number of ether oxygens (including phenoxy) is 1. The quantitative estimate of drug-likeness (QED) is 0.463. The van der Waals surface area contributed by atoms with Crippen LogP contribution in [0.5, 0.6) is 0 Å². The smallest absolute Gasteiger partial charge is 0.370 e. The average Bonchev–Trinajstić information content (AvgIpc) is 2.61. The average molecular weight is 262 g/mol. The molecule has 2 atom stereocenters. The van der Waals surface area contributed by atoms with E-state index in [1.54, 1.807) is 6.92 Å². The van der Waals surface area contributed by atoms with Crippen LogP contribution in [-0.2, 0) is 22.7 Å². The molecule has 90 valence electrons. The number of epoxide rings is 1. The number of phosphoric acid groups is 2. The van der Waals surface area contributed by atoms with Crippen LogP contribution in [0.3, 0.4) is 0 Å². The summed E-state index contributed by atoms with van der Waals surface area (Å²) in [5.41, 5.74) is -0.359. The summed E-state index contributed by atoms with van der Waals surface area (Å²) in [7, 11) is -9.71. The van der Waals surface area contributed by atoms with Gasteiger partial charge in [0.1, 0.15) is 0 Å². The predicted molar refractivity (Wildman–Crippen MR) is 47.9 cm³/mol. The van der Waals surface area contributed by atoms with Gasteiger partial charge in [0, 0.05) is 6.42 Å². The summed E-state index contributed by atoms with van der Waals surface area (Å²) in [6.07, 6.45) is 0.349. The number of hydrogen-bond acceptors (Lipinski definition) is 5. The highest BCUT2D eigenvalue weighted by Gasteiger charge is 2.40. The van der Waals surface area contributed by atoms with Gasteiger partial charge in [-0.2, -0.15) is 4.31 Å². The van der Waals surface area contributed by atoms with Crippen LogP contribution < -0.4 is 0 Å². The maximum atomic E-state index is 10.9. The second-order valence-corrected chi connectivity index (χ2v) is 6.19. The molecule has 8 nitrogen and oxygen atoms in total. The second-order valence-electron chi connectivity index (χ2n) is 3.36. The van der Waals surface area contributed by atoms with Crippen LogP contribution >= 0.6 is 15.6 Å². The maximum Gasteiger partial charge on any atom is 0.481 e. The summed E-state index contributed by atoms with van der Waals surface area (Å²) in [6, 6.07) is 0. The first kappa shape index (κ1) is 13.3. The minimum absolute atomic E-state index is 0.176. The monoisotopic (exact) mass is 262 g/mol. The molecule has 1 rings (SSSR count).